The first-order chi connectivity index (χ1) is 10.9. The molecule has 0 unspecified atom stereocenters. The van der Waals surface area contributed by atoms with Gasteiger partial charge in [0.1, 0.15) is 6.54 Å². The minimum absolute atomic E-state index is 0.0532. The van der Waals surface area contributed by atoms with Crippen LogP contribution < -0.4 is 5.32 Å². The number of hydrogen-bond donors (Lipinski definition) is 1. The van der Waals surface area contributed by atoms with E-state index in [2.05, 4.69) is 22.4 Å². The van der Waals surface area contributed by atoms with Crippen molar-refractivity contribution >= 4 is 11.8 Å². The fourth-order valence-electron chi connectivity index (χ4n) is 2.46. The Morgan fingerprint density at radius 1 is 1.26 bits per heavy atom. The largest absolute Gasteiger partial charge is 0.354 e. The van der Waals surface area contributed by atoms with Gasteiger partial charge in [-0.3, -0.25) is 14.3 Å². The lowest BCUT2D eigenvalue weighted by atomic mass is 10.2. The van der Waals surface area contributed by atoms with Crippen LogP contribution in [0, 0.1) is 12.8 Å². The Bertz CT molecular complexity index is 559. The maximum Gasteiger partial charge on any atom is 0.274 e. The van der Waals surface area contributed by atoms with E-state index in [1.54, 1.807) is 10.7 Å². The van der Waals surface area contributed by atoms with Gasteiger partial charge in [-0.2, -0.15) is 5.10 Å². The highest BCUT2D eigenvalue weighted by atomic mass is 16.2. The van der Waals surface area contributed by atoms with Crippen molar-refractivity contribution in [3.63, 3.8) is 0 Å². The van der Waals surface area contributed by atoms with Gasteiger partial charge in [-0.05, 0) is 26.0 Å². The maximum atomic E-state index is 12.5. The van der Waals surface area contributed by atoms with Gasteiger partial charge in [0.15, 0.2) is 5.69 Å². The molecule has 0 bridgehead atoms. The average molecular weight is 321 g/mol. The van der Waals surface area contributed by atoms with E-state index in [0.29, 0.717) is 18.2 Å². The van der Waals surface area contributed by atoms with Crippen LogP contribution in [0.25, 0.3) is 0 Å². The first kappa shape index (κ1) is 17.5. The summed E-state index contributed by atoms with van der Waals surface area (Å²) in [6.45, 7) is 9.95. The molecule has 1 N–H and O–H groups in total. The minimum atomic E-state index is -0.0801. The highest BCUT2D eigenvalue weighted by Crippen LogP contribution is 2.09. The zero-order chi connectivity index (χ0) is 17.0. The van der Waals surface area contributed by atoms with Crippen LogP contribution in [-0.4, -0.2) is 71.2 Å². The summed E-state index contributed by atoms with van der Waals surface area (Å²) < 4.78 is 1.60. The van der Waals surface area contributed by atoms with Crippen molar-refractivity contribution < 1.29 is 9.59 Å². The Kier molecular flexibility index (Phi) is 5.76. The predicted molar refractivity (Wildman–Crippen MR) is 88.2 cm³/mol. The molecule has 7 nitrogen and oxygen atoms in total. The summed E-state index contributed by atoms with van der Waals surface area (Å²) in [5.74, 6) is 0.276. The van der Waals surface area contributed by atoms with E-state index in [1.807, 2.05) is 25.7 Å². The number of aromatic nitrogens is 2. The summed E-state index contributed by atoms with van der Waals surface area (Å²) in [5, 5.41) is 7.19. The van der Waals surface area contributed by atoms with Crippen molar-refractivity contribution in [2.45, 2.75) is 27.3 Å². The SMILES string of the molecule is Cc1cc(C(=O)N2CCN(C)CC2)nn1CC(=O)NCC(C)C. The molecule has 1 aromatic rings. The van der Waals surface area contributed by atoms with Gasteiger partial charge in [-0.15, -0.1) is 0 Å². The second kappa shape index (κ2) is 7.59. The van der Waals surface area contributed by atoms with Gasteiger partial charge in [-0.1, -0.05) is 13.8 Å². The molecule has 2 rings (SSSR count). The number of nitrogens with zero attached hydrogens (tertiary/aromatic N) is 4. The Hall–Kier alpha value is -1.89. The Morgan fingerprint density at radius 3 is 2.52 bits per heavy atom. The Labute approximate surface area is 137 Å². The lowest BCUT2D eigenvalue weighted by Gasteiger charge is -2.31. The van der Waals surface area contributed by atoms with Gasteiger partial charge in [0.2, 0.25) is 5.91 Å². The predicted octanol–water partition coefficient (Wildman–Crippen LogP) is 0.351. The normalized spacial score (nSPS) is 16.0. The molecule has 0 saturated carbocycles. The van der Waals surface area contributed by atoms with Crippen LogP contribution in [0.2, 0.25) is 0 Å². The first-order valence-corrected chi connectivity index (χ1v) is 8.15. The van der Waals surface area contributed by atoms with E-state index < -0.39 is 0 Å². The fraction of sp³-hybridized carbons (Fsp3) is 0.688. The van der Waals surface area contributed by atoms with Gasteiger partial charge < -0.3 is 15.1 Å². The van der Waals surface area contributed by atoms with Crippen LogP contribution in [0.4, 0.5) is 0 Å². The van der Waals surface area contributed by atoms with Crippen LogP contribution in [0.15, 0.2) is 6.07 Å². The van der Waals surface area contributed by atoms with E-state index in [9.17, 15) is 9.59 Å². The third-order valence-electron chi connectivity index (χ3n) is 3.99. The molecule has 0 radical (unpaired) electrons. The number of hydrogen-bond acceptors (Lipinski definition) is 4. The molecule has 0 aromatic carbocycles. The van der Waals surface area contributed by atoms with Crippen LogP contribution in [-0.2, 0) is 11.3 Å². The van der Waals surface area contributed by atoms with Crippen molar-refractivity contribution in [2.24, 2.45) is 5.92 Å². The molecule has 1 aromatic heterocycles. The molecule has 1 saturated heterocycles. The fourth-order valence-corrected chi connectivity index (χ4v) is 2.46. The topological polar surface area (TPSA) is 70.5 Å². The number of likely N-dealkylation sites (N-methyl/N-ethyl adjacent to an activating group) is 1. The molecule has 2 heterocycles. The number of aryl methyl sites for hydroxylation is 1. The van der Waals surface area contributed by atoms with Crippen molar-refractivity contribution in [3.8, 4) is 0 Å². The molecule has 1 aliphatic rings. The second-order valence-electron chi connectivity index (χ2n) is 6.62. The molecule has 7 heteroatoms. The van der Waals surface area contributed by atoms with Crippen molar-refractivity contribution in [2.75, 3.05) is 39.8 Å². The van der Waals surface area contributed by atoms with Gasteiger partial charge in [0.25, 0.3) is 5.91 Å². The van der Waals surface area contributed by atoms with Crippen LogP contribution in [0.5, 0.6) is 0 Å². The number of piperazine rings is 1. The number of rotatable bonds is 5. The van der Waals surface area contributed by atoms with Crippen molar-refractivity contribution in [3.05, 3.63) is 17.5 Å². The molecule has 2 amide bonds. The third-order valence-corrected chi connectivity index (χ3v) is 3.99. The molecule has 0 aliphatic carbocycles. The van der Waals surface area contributed by atoms with E-state index in [1.165, 1.54) is 0 Å². The third kappa shape index (κ3) is 4.79. The van der Waals surface area contributed by atoms with Gasteiger partial charge in [0.05, 0.1) is 0 Å². The standard InChI is InChI=1S/C16H27N5O2/c1-12(2)10-17-15(22)11-21-13(3)9-14(18-21)16(23)20-7-5-19(4)6-8-20/h9,12H,5-8,10-11H2,1-4H3,(H,17,22). The van der Waals surface area contributed by atoms with Gasteiger partial charge in [-0.25, -0.2) is 0 Å². The van der Waals surface area contributed by atoms with E-state index >= 15 is 0 Å². The lowest BCUT2D eigenvalue weighted by molar-refractivity contribution is -0.122. The summed E-state index contributed by atoms with van der Waals surface area (Å²) in [5.41, 5.74) is 1.24. The number of amides is 2. The quantitative estimate of drug-likeness (QED) is 0.850. The molecule has 1 fully saturated rings. The Morgan fingerprint density at radius 2 is 1.91 bits per heavy atom. The number of nitrogens with one attached hydrogen (secondary N) is 1. The first-order valence-electron chi connectivity index (χ1n) is 8.15. The molecule has 0 atom stereocenters. The molecular weight excluding hydrogens is 294 g/mol. The van der Waals surface area contributed by atoms with Gasteiger partial charge in [0, 0.05) is 38.4 Å². The zero-order valence-corrected chi connectivity index (χ0v) is 14.5. The van der Waals surface area contributed by atoms with E-state index in [4.69, 9.17) is 0 Å². The average Bonchev–Trinajstić information content (AvgIpc) is 2.86. The summed E-state index contributed by atoms with van der Waals surface area (Å²) in [4.78, 5) is 28.4. The summed E-state index contributed by atoms with van der Waals surface area (Å²) >= 11 is 0. The van der Waals surface area contributed by atoms with E-state index in [0.717, 1.165) is 31.9 Å². The van der Waals surface area contributed by atoms with E-state index in [-0.39, 0.29) is 18.4 Å². The molecule has 23 heavy (non-hydrogen) atoms. The molecule has 0 spiro atoms. The highest BCUT2D eigenvalue weighted by Gasteiger charge is 2.23. The number of carbonyl (C=O) groups excluding carboxylic acids is 2. The maximum absolute atomic E-state index is 12.5. The summed E-state index contributed by atoms with van der Waals surface area (Å²) in [6, 6.07) is 1.76. The smallest absolute Gasteiger partial charge is 0.274 e. The number of carbonyl (C=O) groups is 2. The van der Waals surface area contributed by atoms with Gasteiger partial charge >= 0.3 is 0 Å². The van der Waals surface area contributed by atoms with Crippen LogP contribution >= 0.6 is 0 Å². The van der Waals surface area contributed by atoms with Crippen LogP contribution in [0.3, 0.4) is 0 Å². The van der Waals surface area contributed by atoms with Crippen LogP contribution in [0.1, 0.15) is 30.0 Å². The zero-order valence-electron chi connectivity index (χ0n) is 14.5. The highest BCUT2D eigenvalue weighted by molar-refractivity contribution is 5.92. The summed E-state index contributed by atoms with van der Waals surface area (Å²) in [7, 11) is 2.05. The Balaban J connectivity index is 1.97. The molecule has 1 aliphatic heterocycles. The molecule has 128 valence electrons. The molecular formula is C16H27N5O2. The monoisotopic (exact) mass is 321 g/mol. The minimum Gasteiger partial charge on any atom is -0.354 e. The van der Waals surface area contributed by atoms with Crippen molar-refractivity contribution in [1.29, 1.82) is 0 Å². The lowest BCUT2D eigenvalue weighted by Crippen LogP contribution is -2.47. The second-order valence-corrected chi connectivity index (χ2v) is 6.62. The summed E-state index contributed by atoms with van der Waals surface area (Å²) in [6.07, 6.45) is 0. The van der Waals surface area contributed by atoms with Crippen molar-refractivity contribution in [1.82, 2.24) is 24.9 Å².